The Morgan fingerprint density at radius 3 is 2.10 bits per heavy atom. The Kier molecular flexibility index (Phi) is 7.32. The standard InChI is InChI=1S/C12H22O9/c13-2-8(16)7(15)1-6-4-21-10(5-20-6)12(19)11(18)9(17)3-14/h5-9,11-19H,1-4H2/t6?,7-,8+,9+,11+,12+/m0/s1. The van der Waals surface area contributed by atoms with E-state index in [-0.39, 0.29) is 18.8 Å². The minimum absolute atomic E-state index is 0.00339. The van der Waals surface area contributed by atoms with Crippen molar-refractivity contribution < 1.29 is 45.2 Å². The van der Waals surface area contributed by atoms with Crippen molar-refractivity contribution in [2.75, 3.05) is 19.8 Å². The average molecular weight is 310 g/mol. The van der Waals surface area contributed by atoms with Crippen LogP contribution in [0.1, 0.15) is 6.42 Å². The summed E-state index contributed by atoms with van der Waals surface area (Å²) in [5.41, 5.74) is 0. The predicted molar refractivity (Wildman–Crippen MR) is 67.7 cm³/mol. The minimum Gasteiger partial charge on any atom is -0.491 e. The zero-order chi connectivity index (χ0) is 16.0. The molecule has 0 fully saturated rings. The van der Waals surface area contributed by atoms with Crippen molar-refractivity contribution in [2.24, 2.45) is 0 Å². The summed E-state index contributed by atoms with van der Waals surface area (Å²) in [6.45, 7) is -1.36. The highest BCUT2D eigenvalue weighted by atomic mass is 16.6. The van der Waals surface area contributed by atoms with Crippen molar-refractivity contribution in [3.8, 4) is 0 Å². The second-order valence-electron chi connectivity index (χ2n) is 4.83. The lowest BCUT2D eigenvalue weighted by molar-refractivity contribution is -0.100. The van der Waals surface area contributed by atoms with Crippen LogP contribution in [-0.4, -0.2) is 92.2 Å². The molecule has 1 unspecified atom stereocenters. The van der Waals surface area contributed by atoms with Gasteiger partial charge in [-0.3, -0.25) is 0 Å². The molecule has 0 aromatic heterocycles. The van der Waals surface area contributed by atoms with Crippen molar-refractivity contribution in [1.29, 1.82) is 0 Å². The summed E-state index contributed by atoms with van der Waals surface area (Å²) in [6.07, 6.45) is -6.77. The van der Waals surface area contributed by atoms with E-state index in [0.717, 1.165) is 6.26 Å². The molecule has 0 saturated heterocycles. The lowest BCUT2D eigenvalue weighted by Gasteiger charge is -2.30. The average Bonchev–Trinajstić information content (AvgIpc) is 2.52. The van der Waals surface area contributed by atoms with Crippen LogP contribution in [0.2, 0.25) is 0 Å². The normalized spacial score (nSPS) is 25.9. The zero-order valence-corrected chi connectivity index (χ0v) is 11.3. The topological polar surface area (TPSA) is 160 Å². The third-order valence-electron chi connectivity index (χ3n) is 3.14. The molecule has 1 heterocycles. The molecule has 9 heteroatoms. The second-order valence-corrected chi connectivity index (χ2v) is 4.83. The maximum Gasteiger partial charge on any atom is 0.162 e. The molecular weight excluding hydrogens is 288 g/mol. The molecule has 1 aliphatic heterocycles. The van der Waals surface area contributed by atoms with Gasteiger partial charge in [-0.2, -0.15) is 0 Å². The van der Waals surface area contributed by atoms with Crippen LogP contribution in [0.3, 0.4) is 0 Å². The van der Waals surface area contributed by atoms with Gasteiger partial charge in [0.1, 0.15) is 43.4 Å². The van der Waals surface area contributed by atoms with Crippen LogP contribution in [0.5, 0.6) is 0 Å². The minimum atomic E-state index is -1.64. The molecular formula is C12H22O9. The van der Waals surface area contributed by atoms with Gasteiger partial charge in [0.15, 0.2) is 5.76 Å². The van der Waals surface area contributed by atoms with Gasteiger partial charge in [-0.15, -0.1) is 0 Å². The monoisotopic (exact) mass is 310 g/mol. The third-order valence-corrected chi connectivity index (χ3v) is 3.14. The molecule has 0 saturated carbocycles. The Bertz CT molecular complexity index is 335. The summed E-state index contributed by atoms with van der Waals surface area (Å²) in [5, 5.41) is 64.6. The van der Waals surface area contributed by atoms with Crippen molar-refractivity contribution in [1.82, 2.24) is 0 Å². The number of hydrogen-bond acceptors (Lipinski definition) is 9. The van der Waals surface area contributed by atoms with E-state index in [2.05, 4.69) is 0 Å². The lowest BCUT2D eigenvalue weighted by Crippen LogP contribution is -2.43. The number of aliphatic hydroxyl groups is 7. The van der Waals surface area contributed by atoms with E-state index in [4.69, 9.17) is 19.7 Å². The van der Waals surface area contributed by atoms with Crippen LogP contribution in [0.25, 0.3) is 0 Å². The van der Waals surface area contributed by atoms with E-state index in [1.54, 1.807) is 0 Å². The second kappa shape index (κ2) is 8.49. The summed E-state index contributed by atoms with van der Waals surface area (Å²) in [4.78, 5) is 0. The van der Waals surface area contributed by atoms with E-state index >= 15 is 0 Å². The summed E-state index contributed by atoms with van der Waals surface area (Å²) in [5.74, 6) is -0.122. The Hall–Kier alpha value is -0.940. The first kappa shape index (κ1) is 18.1. The highest BCUT2D eigenvalue weighted by Crippen LogP contribution is 2.20. The first-order valence-corrected chi connectivity index (χ1v) is 6.51. The number of hydrogen-bond donors (Lipinski definition) is 7. The molecule has 0 bridgehead atoms. The molecule has 1 rings (SSSR count). The molecule has 0 radical (unpaired) electrons. The van der Waals surface area contributed by atoms with E-state index in [0.29, 0.717) is 0 Å². The van der Waals surface area contributed by atoms with Gasteiger partial charge in [0.2, 0.25) is 0 Å². The molecule has 124 valence electrons. The van der Waals surface area contributed by atoms with Gasteiger partial charge in [0, 0.05) is 6.42 Å². The van der Waals surface area contributed by atoms with E-state index in [1.807, 2.05) is 0 Å². The van der Waals surface area contributed by atoms with Crippen LogP contribution >= 0.6 is 0 Å². The quantitative estimate of drug-likeness (QED) is 0.240. The maximum absolute atomic E-state index is 9.72. The van der Waals surface area contributed by atoms with Gasteiger partial charge in [0.25, 0.3) is 0 Å². The number of rotatable bonds is 8. The van der Waals surface area contributed by atoms with E-state index < -0.39 is 49.8 Å². The number of ether oxygens (including phenoxy) is 2. The molecule has 0 aliphatic carbocycles. The van der Waals surface area contributed by atoms with Gasteiger partial charge in [-0.1, -0.05) is 0 Å². The fraction of sp³-hybridized carbons (Fsp3) is 0.833. The van der Waals surface area contributed by atoms with Crippen molar-refractivity contribution >= 4 is 0 Å². The van der Waals surface area contributed by atoms with Crippen LogP contribution in [0, 0.1) is 0 Å². The predicted octanol–water partition coefficient (Wildman–Crippen LogP) is -3.58. The highest BCUT2D eigenvalue weighted by molar-refractivity contribution is 5.03. The first-order chi connectivity index (χ1) is 9.90. The Morgan fingerprint density at radius 2 is 1.62 bits per heavy atom. The molecule has 1 aliphatic rings. The summed E-state index contributed by atoms with van der Waals surface area (Å²) in [7, 11) is 0. The van der Waals surface area contributed by atoms with Crippen molar-refractivity contribution in [3.05, 3.63) is 12.0 Å². The van der Waals surface area contributed by atoms with Gasteiger partial charge in [-0.25, -0.2) is 0 Å². The van der Waals surface area contributed by atoms with Gasteiger partial charge in [0.05, 0.1) is 19.3 Å². The van der Waals surface area contributed by atoms with Gasteiger partial charge < -0.3 is 45.2 Å². The maximum atomic E-state index is 9.72. The Labute approximate surface area is 121 Å². The van der Waals surface area contributed by atoms with E-state index in [1.165, 1.54) is 0 Å². The SMILES string of the molecule is OC[C@@H](O)[C@@H](O)[C@H](O)C1=COC(C[C@H](O)[C@H](O)CO)CO1. The summed E-state index contributed by atoms with van der Waals surface area (Å²) in [6, 6.07) is 0. The molecule has 0 amide bonds. The van der Waals surface area contributed by atoms with Gasteiger partial charge >= 0.3 is 0 Å². The van der Waals surface area contributed by atoms with Crippen LogP contribution in [-0.2, 0) is 9.47 Å². The smallest absolute Gasteiger partial charge is 0.162 e. The molecule has 0 aromatic rings. The Balaban J connectivity index is 2.50. The molecule has 9 nitrogen and oxygen atoms in total. The lowest BCUT2D eigenvalue weighted by atomic mass is 10.1. The summed E-state index contributed by atoms with van der Waals surface area (Å²) >= 11 is 0. The fourth-order valence-corrected chi connectivity index (χ4v) is 1.74. The van der Waals surface area contributed by atoms with Crippen molar-refractivity contribution in [3.63, 3.8) is 0 Å². The van der Waals surface area contributed by atoms with Crippen LogP contribution in [0.4, 0.5) is 0 Å². The summed E-state index contributed by atoms with van der Waals surface area (Å²) < 4.78 is 10.3. The largest absolute Gasteiger partial charge is 0.491 e. The van der Waals surface area contributed by atoms with Gasteiger partial charge in [-0.05, 0) is 0 Å². The zero-order valence-electron chi connectivity index (χ0n) is 11.3. The Morgan fingerprint density at radius 1 is 1.00 bits per heavy atom. The van der Waals surface area contributed by atoms with Crippen LogP contribution < -0.4 is 0 Å². The first-order valence-electron chi connectivity index (χ1n) is 6.51. The fourth-order valence-electron chi connectivity index (χ4n) is 1.74. The van der Waals surface area contributed by atoms with Crippen molar-refractivity contribution in [2.45, 2.75) is 43.0 Å². The third kappa shape index (κ3) is 5.08. The molecule has 7 N–H and O–H groups in total. The van der Waals surface area contributed by atoms with E-state index in [9.17, 15) is 25.5 Å². The molecule has 21 heavy (non-hydrogen) atoms. The number of aliphatic hydroxyl groups excluding tert-OH is 7. The highest BCUT2D eigenvalue weighted by Gasteiger charge is 2.32. The molecule has 0 aromatic carbocycles. The molecule has 0 spiro atoms. The molecule has 6 atom stereocenters. The van der Waals surface area contributed by atoms with Crippen LogP contribution in [0.15, 0.2) is 12.0 Å².